The average Bonchev–Trinajstić information content (AvgIpc) is 3.24. The van der Waals surface area contributed by atoms with Crippen LogP contribution in [0.2, 0.25) is 0 Å². The van der Waals surface area contributed by atoms with Crippen molar-refractivity contribution in [2.75, 3.05) is 30.0 Å². The molecule has 0 spiro atoms. The molecule has 1 amide bonds. The number of halogens is 4. The van der Waals surface area contributed by atoms with Gasteiger partial charge in [-0.15, -0.1) is 0 Å². The molecule has 160 valence electrons. The monoisotopic (exact) mass is 429 g/mol. The molecule has 0 radical (unpaired) electrons. The Hall–Kier alpha value is -3.42. The molecule has 1 aliphatic rings. The highest BCUT2D eigenvalue weighted by Crippen LogP contribution is 2.28. The number of aromatic nitrogens is 1. The van der Waals surface area contributed by atoms with Gasteiger partial charge in [0.1, 0.15) is 6.67 Å². The zero-order chi connectivity index (χ0) is 22.0. The van der Waals surface area contributed by atoms with E-state index in [0.29, 0.717) is 23.4 Å². The summed E-state index contributed by atoms with van der Waals surface area (Å²) >= 11 is 0. The van der Waals surface area contributed by atoms with Gasteiger partial charge in [-0.25, -0.2) is 17.6 Å². The second kappa shape index (κ2) is 8.75. The largest absolute Gasteiger partial charge is 0.384 e. The van der Waals surface area contributed by atoms with Crippen LogP contribution in [0.1, 0.15) is 27.2 Å². The molecule has 0 fully saturated rings. The van der Waals surface area contributed by atoms with E-state index in [0.717, 1.165) is 29.9 Å². The van der Waals surface area contributed by atoms with E-state index in [1.807, 2.05) is 6.07 Å². The molecule has 2 heterocycles. The summed E-state index contributed by atoms with van der Waals surface area (Å²) in [5.41, 5.74) is 3.29. The van der Waals surface area contributed by atoms with Crippen molar-refractivity contribution < 1.29 is 22.4 Å². The van der Waals surface area contributed by atoms with Crippen LogP contribution < -0.4 is 10.2 Å². The molecule has 4 rings (SSSR count). The maximum atomic E-state index is 13.5. The molecule has 3 aromatic rings. The van der Waals surface area contributed by atoms with Crippen molar-refractivity contribution in [1.82, 2.24) is 4.98 Å². The lowest BCUT2D eigenvalue weighted by atomic mass is 10.0. The number of fused-ring (bicyclic) bond motifs is 1. The van der Waals surface area contributed by atoms with Crippen LogP contribution >= 0.6 is 0 Å². The normalized spacial score (nSPS) is 12.4. The van der Waals surface area contributed by atoms with E-state index in [-0.39, 0.29) is 24.4 Å². The van der Waals surface area contributed by atoms with Crippen LogP contribution in [0.15, 0.2) is 48.7 Å². The summed E-state index contributed by atoms with van der Waals surface area (Å²) in [5, 5.41) is 3.21. The summed E-state index contributed by atoms with van der Waals surface area (Å²) < 4.78 is 53.5. The van der Waals surface area contributed by atoms with Crippen LogP contribution in [-0.4, -0.2) is 30.7 Å². The van der Waals surface area contributed by atoms with Crippen molar-refractivity contribution in [3.8, 4) is 0 Å². The Balaban J connectivity index is 1.64. The molecule has 0 bridgehead atoms. The minimum atomic E-state index is -1.53. The fraction of sp³-hybridized carbons (Fsp3) is 0.217. The number of nitrogens with zero attached hydrogens (tertiary/aromatic N) is 2. The molecule has 8 heteroatoms. The van der Waals surface area contributed by atoms with Crippen LogP contribution in [0.4, 0.5) is 28.9 Å². The number of pyridine rings is 1. The minimum Gasteiger partial charge on any atom is -0.384 e. The fourth-order valence-corrected chi connectivity index (χ4v) is 3.77. The SMILES string of the molecule is O=C(c1cccc2c1CCN2)N(CCF)c1ccnc(Cc2cc(F)c(F)c(F)c2)c1. The van der Waals surface area contributed by atoms with E-state index in [1.54, 1.807) is 24.3 Å². The van der Waals surface area contributed by atoms with Gasteiger partial charge in [-0.1, -0.05) is 6.07 Å². The Kier molecular flexibility index (Phi) is 5.88. The first kappa shape index (κ1) is 20.8. The van der Waals surface area contributed by atoms with E-state index in [1.165, 1.54) is 11.1 Å². The molecule has 31 heavy (non-hydrogen) atoms. The van der Waals surface area contributed by atoms with Gasteiger partial charge >= 0.3 is 0 Å². The molecule has 2 aromatic carbocycles. The third-order valence-electron chi connectivity index (χ3n) is 5.19. The molecular weight excluding hydrogens is 410 g/mol. The van der Waals surface area contributed by atoms with Gasteiger partial charge in [0.05, 0.1) is 6.54 Å². The van der Waals surface area contributed by atoms with Gasteiger partial charge in [0.15, 0.2) is 17.5 Å². The summed E-state index contributed by atoms with van der Waals surface area (Å²) in [5.74, 6) is -4.44. The van der Waals surface area contributed by atoms with Crippen LogP contribution in [0.3, 0.4) is 0 Å². The predicted molar refractivity (Wildman–Crippen MR) is 110 cm³/mol. The molecule has 1 aliphatic heterocycles. The number of anilines is 2. The van der Waals surface area contributed by atoms with Gasteiger partial charge in [-0.05, 0) is 53.9 Å². The number of amides is 1. The maximum Gasteiger partial charge on any atom is 0.258 e. The third-order valence-corrected chi connectivity index (χ3v) is 5.19. The topological polar surface area (TPSA) is 45.2 Å². The summed E-state index contributed by atoms with van der Waals surface area (Å²) in [6, 6.07) is 10.3. The standard InChI is InChI=1S/C23H19F4N3O/c24-6-9-30(23(31)18-2-1-3-21-17(18)5-8-29-21)16-4-7-28-15(13-16)10-14-11-19(25)22(27)20(26)12-14/h1-4,7,11-13,29H,5-6,8-10H2. The van der Waals surface area contributed by atoms with Gasteiger partial charge in [0.25, 0.3) is 5.91 Å². The highest BCUT2D eigenvalue weighted by molar-refractivity contribution is 6.08. The number of alkyl halides is 1. The first-order valence-electron chi connectivity index (χ1n) is 9.80. The van der Waals surface area contributed by atoms with E-state index in [4.69, 9.17) is 0 Å². The number of benzene rings is 2. The highest BCUT2D eigenvalue weighted by atomic mass is 19.2. The molecule has 4 nitrogen and oxygen atoms in total. The Labute approximate surface area is 176 Å². The van der Waals surface area contributed by atoms with E-state index < -0.39 is 24.1 Å². The molecular formula is C23H19F4N3O. The van der Waals surface area contributed by atoms with E-state index >= 15 is 0 Å². The number of rotatable bonds is 6. The quantitative estimate of drug-likeness (QED) is 0.457. The number of hydrogen-bond donors (Lipinski definition) is 1. The molecule has 0 aliphatic carbocycles. The van der Waals surface area contributed by atoms with Crippen molar-refractivity contribution in [1.29, 1.82) is 0 Å². The third kappa shape index (κ3) is 4.23. The smallest absolute Gasteiger partial charge is 0.258 e. The van der Waals surface area contributed by atoms with Crippen LogP contribution in [0, 0.1) is 17.5 Å². The first-order valence-corrected chi connectivity index (χ1v) is 9.80. The van der Waals surface area contributed by atoms with E-state index in [2.05, 4.69) is 10.3 Å². The number of carbonyl (C=O) groups is 1. The van der Waals surface area contributed by atoms with Crippen molar-refractivity contribution in [2.24, 2.45) is 0 Å². The van der Waals surface area contributed by atoms with Gasteiger partial charge in [-0.3, -0.25) is 9.78 Å². The van der Waals surface area contributed by atoms with Gasteiger partial charge in [0.2, 0.25) is 0 Å². The fourth-order valence-electron chi connectivity index (χ4n) is 3.77. The maximum absolute atomic E-state index is 13.5. The highest BCUT2D eigenvalue weighted by Gasteiger charge is 2.24. The molecule has 0 saturated carbocycles. The summed E-state index contributed by atoms with van der Waals surface area (Å²) in [7, 11) is 0. The Morgan fingerprint density at radius 3 is 2.61 bits per heavy atom. The number of carbonyl (C=O) groups excluding carboxylic acids is 1. The zero-order valence-electron chi connectivity index (χ0n) is 16.5. The second-order valence-corrected chi connectivity index (χ2v) is 7.21. The lowest BCUT2D eigenvalue weighted by molar-refractivity contribution is 0.0984. The molecule has 0 atom stereocenters. The van der Waals surface area contributed by atoms with Crippen LogP contribution in [0.25, 0.3) is 0 Å². The Morgan fingerprint density at radius 1 is 1.10 bits per heavy atom. The molecule has 1 aromatic heterocycles. The van der Waals surface area contributed by atoms with Crippen LogP contribution in [0.5, 0.6) is 0 Å². The molecule has 0 unspecified atom stereocenters. The van der Waals surface area contributed by atoms with E-state index in [9.17, 15) is 22.4 Å². The second-order valence-electron chi connectivity index (χ2n) is 7.21. The molecule has 1 N–H and O–H groups in total. The van der Waals surface area contributed by atoms with Crippen LogP contribution in [-0.2, 0) is 12.8 Å². The summed E-state index contributed by atoms with van der Waals surface area (Å²) in [6.45, 7) is -0.169. The lowest BCUT2D eigenvalue weighted by Gasteiger charge is -2.23. The summed E-state index contributed by atoms with van der Waals surface area (Å²) in [6.07, 6.45) is 2.16. The molecule has 0 saturated heterocycles. The summed E-state index contributed by atoms with van der Waals surface area (Å²) in [4.78, 5) is 18.8. The number of hydrogen-bond acceptors (Lipinski definition) is 3. The Bertz CT molecular complexity index is 1110. The zero-order valence-corrected chi connectivity index (χ0v) is 16.5. The van der Waals surface area contributed by atoms with Crippen molar-refractivity contribution >= 4 is 17.3 Å². The lowest BCUT2D eigenvalue weighted by Crippen LogP contribution is -2.33. The average molecular weight is 429 g/mol. The first-order chi connectivity index (χ1) is 15.0. The van der Waals surface area contributed by atoms with Crippen molar-refractivity contribution in [2.45, 2.75) is 12.8 Å². The Morgan fingerprint density at radius 2 is 1.87 bits per heavy atom. The van der Waals surface area contributed by atoms with Gasteiger partial charge in [-0.2, -0.15) is 0 Å². The minimum absolute atomic E-state index is 0.0181. The number of nitrogens with one attached hydrogen (secondary N) is 1. The van der Waals surface area contributed by atoms with Gasteiger partial charge < -0.3 is 10.2 Å². The van der Waals surface area contributed by atoms with Gasteiger partial charge in [0, 0.05) is 41.8 Å². The predicted octanol–water partition coefficient (Wildman–Crippen LogP) is 4.67. The van der Waals surface area contributed by atoms with Crippen molar-refractivity contribution in [3.05, 3.63) is 88.5 Å². The van der Waals surface area contributed by atoms with Crippen molar-refractivity contribution in [3.63, 3.8) is 0 Å².